The largest absolute Gasteiger partial charge is 4.00 e. The SMILES string of the molecule is CCCCC1=CC[C-]=C1C(C)(C)C1=[C-]CC=C1CCCC.[Cl-].[Cl-].[Ti+4]. The van der Waals surface area contributed by atoms with Gasteiger partial charge in [0.1, 0.15) is 0 Å². The molecule has 0 aromatic heterocycles. The summed E-state index contributed by atoms with van der Waals surface area (Å²) in [6.45, 7) is 9.28. The van der Waals surface area contributed by atoms with Gasteiger partial charge in [0.2, 0.25) is 0 Å². The van der Waals surface area contributed by atoms with Gasteiger partial charge in [-0.1, -0.05) is 71.6 Å². The molecule has 0 nitrogen and oxygen atoms in total. The molecular formula is C21H30Cl2Ti. The van der Waals surface area contributed by atoms with Gasteiger partial charge in [-0.2, -0.15) is 23.3 Å². The van der Waals surface area contributed by atoms with Crippen LogP contribution in [0.3, 0.4) is 0 Å². The quantitative estimate of drug-likeness (QED) is 0.411. The third-order valence-electron chi connectivity index (χ3n) is 4.75. The summed E-state index contributed by atoms with van der Waals surface area (Å²) < 4.78 is 0. The van der Waals surface area contributed by atoms with Crippen molar-refractivity contribution in [3.8, 4) is 0 Å². The van der Waals surface area contributed by atoms with Crippen LogP contribution in [0.4, 0.5) is 0 Å². The molecule has 0 amide bonds. The fourth-order valence-corrected chi connectivity index (χ4v) is 3.54. The molecule has 0 heterocycles. The monoisotopic (exact) mass is 400 g/mol. The van der Waals surface area contributed by atoms with E-state index < -0.39 is 0 Å². The second kappa shape index (κ2) is 12.6. The second-order valence-electron chi connectivity index (χ2n) is 6.80. The third kappa shape index (κ3) is 6.20. The Hall–Kier alpha value is 0.254. The van der Waals surface area contributed by atoms with Crippen molar-refractivity contribution in [2.75, 3.05) is 0 Å². The topological polar surface area (TPSA) is 0 Å². The fraction of sp³-hybridized carbons (Fsp3) is 0.619. The first-order chi connectivity index (χ1) is 10.1. The number of hydrogen-bond donors (Lipinski definition) is 0. The third-order valence-corrected chi connectivity index (χ3v) is 4.75. The van der Waals surface area contributed by atoms with Gasteiger partial charge < -0.3 is 24.8 Å². The first-order valence-electron chi connectivity index (χ1n) is 8.72. The van der Waals surface area contributed by atoms with Gasteiger partial charge in [0.05, 0.1) is 0 Å². The molecule has 0 spiro atoms. The molecule has 2 aliphatic carbocycles. The van der Waals surface area contributed by atoms with Gasteiger partial charge in [0.15, 0.2) is 0 Å². The maximum atomic E-state index is 3.65. The summed E-state index contributed by atoms with van der Waals surface area (Å²) in [6.07, 6.45) is 21.6. The van der Waals surface area contributed by atoms with Gasteiger partial charge in [-0.05, 0) is 0 Å². The second-order valence-corrected chi connectivity index (χ2v) is 6.80. The van der Waals surface area contributed by atoms with Crippen LogP contribution in [0.2, 0.25) is 0 Å². The Morgan fingerprint density at radius 2 is 1.21 bits per heavy atom. The summed E-state index contributed by atoms with van der Waals surface area (Å²) in [5.74, 6) is 0. The minimum atomic E-state index is 0. The molecule has 2 aliphatic rings. The summed E-state index contributed by atoms with van der Waals surface area (Å²) in [5, 5.41) is 0. The minimum Gasteiger partial charge on any atom is -1.00 e. The molecular weight excluding hydrogens is 371 g/mol. The van der Waals surface area contributed by atoms with E-state index in [-0.39, 0.29) is 51.9 Å². The van der Waals surface area contributed by atoms with Gasteiger partial charge in [-0.3, -0.25) is 12.2 Å². The predicted octanol–water partition coefficient (Wildman–Crippen LogP) is 0.518. The Balaban J connectivity index is 0. The maximum absolute atomic E-state index is 3.65. The molecule has 0 unspecified atom stereocenters. The van der Waals surface area contributed by atoms with Gasteiger partial charge in [-0.25, -0.2) is 11.1 Å². The molecule has 0 saturated carbocycles. The van der Waals surface area contributed by atoms with E-state index in [0.29, 0.717) is 0 Å². The van der Waals surface area contributed by atoms with E-state index in [9.17, 15) is 0 Å². The van der Waals surface area contributed by atoms with Crippen molar-refractivity contribution >= 4 is 0 Å². The molecule has 3 heteroatoms. The Labute approximate surface area is 177 Å². The molecule has 0 aromatic rings. The van der Waals surface area contributed by atoms with Crippen LogP contribution in [-0.4, -0.2) is 0 Å². The maximum Gasteiger partial charge on any atom is 4.00 e. The van der Waals surface area contributed by atoms with Gasteiger partial charge >= 0.3 is 21.7 Å². The van der Waals surface area contributed by atoms with Crippen molar-refractivity contribution in [1.82, 2.24) is 0 Å². The summed E-state index contributed by atoms with van der Waals surface area (Å²) in [6, 6.07) is 0. The molecule has 2 rings (SSSR count). The first-order valence-corrected chi connectivity index (χ1v) is 8.72. The number of allylic oxidation sites excluding steroid dienone is 8. The van der Waals surface area contributed by atoms with Crippen molar-refractivity contribution in [1.29, 1.82) is 0 Å². The van der Waals surface area contributed by atoms with E-state index >= 15 is 0 Å². The molecule has 0 aromatic carbocycles. The Morgan fingerprint density at radius 3 is 1.54 bits per heavy atom. The summed E-state index contributed by atoms with van der Waals surface area (Å²) in [4.78, 5) is 0. The van der Waals surface area contributed by atoms with Crippen molar-refractivity contribution in [3.63, 3.8) is 0 Å². The molecule has 0 aliphatic heterocycles. The van der Waals surface area contributed by atoms with Crippen LogP contribution in [0, 0.1) is 17.6 Å². The smallest absolute Gasteiger partial charge is 1.00 e. The van der Waals surface area contributed by atoms with Crippen LogP contribution >= 0.6 is 0 Å². The van der Waals surface area contributed by atoms with Gasteiger partial charge in [-0.15, -0.1) is 12.8 Å². The standard InChI is InChI=1S/C21H30.2ClH.Ti/c1-5-7-11-17-13-9-15-19(17)21(3,4)20-16-10-14-18(20)12-8-6-2;;;/h13-14H,5-12H2,1-4H3;2*1H;/q-2;;;+4/p-2. The van der Waals surface area contributed by atoms with Crippen molar-refractivity contribution in [2.45, 2.75) is 79.1 Å². The number of unbranched alkanes of at least 4 members (excludes halogenated alkanes) is 2. The number of rotatable bonds is 8. The van der Waals surface area contributed by atoms with Crippen molar-refractivity contribution in [3.05, 3.63) is 46.6 Å². The van der Waals surface area contributed by atoms with Gasteiger partial charge in [0, 0.05) is 0 Å². The minimum absolute atomic E-state index is 0. The normalized spacial score (nSPS) is 16.2. The number of halogens is 2. The van der Waals surface area contributed by atoms with Crippen LogP contribution in [0.15, 0.2) is 34.4 Å². The zero-order valence-electron chi connectivity index (χ0n) is 15.6. The molecule has 0 bridgehead atoms. The van der Waals surface area contributed by atoms with Crippen LogP contribution in [0.5, 0.6) is 0 Å². The Kier molecular flexibility index (Phi) is 13.9. The van der Waals surface area contributed by atoms with Crippen molar-refractivity contribution < 1.29 is 46.5 Å². The zero-order chi connectivity index (χ0) is 15.3. The molecule has 0 atom stereocenters. The molecule has 0 radical (unpaired) electrons. The van der Waals surface area contributed by atoms with Crippen LogP contribution in [0.25, 0.3) is 0 Å². The molecule has 24 heavy (non-hydrogen) atoms. The average Bonchev–Trinajstić information content (AvgIpc) is 3.11. The van der Waals surface area contributed by atoms with Crippen LogP contribution < -0.4 is 24.8 Å². The summed E-state index contributed by atoms with van der Waals surface area (Å²) in [5.41, 5.74) is 6.05. The molecule has 132 valence electrons. The zero-order valence-corrected chi connectivity index (χ0v) is 18.6. The Bertz CT molecular complexity index is 452. The average molecular weight is 401 g/mol. The van der Waals surface area contributed by atoms with Crippen molar-refractivity contribution in [2.24, 2.45) is 5.41 Å². The van der Waals surface area contributed by atoms with E-state index in [1.54, 1.807) is 0 Å². The van der Waals surface area contributed by atoms with E-state index in [0.717, 1.165) is 12.8 Å². The Morgan fingerprint density at radius 1 is 0.833 bits per heavy atom. The van der Waals surface area contributed by atoms with Crippen LogP contribution in [0.1, 0.15) is 79.1 Å². The molecule has 0 saturated heterocycles. The molecule has 0 fully saturated rings. The van der Waals surface area contributed by atoms with E-state index in [1.807, 2.05) is 0 Å². The molecule has 0 N–H and O–H groups in total. The van der Waals surface area contributed by atoms with E-state index in [2.05, 4.69) is 52.0 Å². The van der Waals surface area contributed by atoms with E-state index in [4.69, 9.17) is 0 Å². The van der Waals surface area contributed by atoms with E-state index in [1.165, 1.54) is 60.8 Å². The van der Waals surface area contributed by atoms with Gasteiger partial charge in [0.25, 0.3) is 0 Å². The van der Waals surface area contributed by atoms with Crippen LogP contribution in [-0.2, 0) is 21.7 Å². The number of hydrogen-bond acceptors (Lipinski definition) is 0. The summed E-state index contributed by atoms with van der Waals surface area (Å²) >= 11 is 0. The summed E-state index contributed by atoms with van der Waals surface area (Å²) in [7, 11) is 0. The first kappa shape index (κ1) is 26.5. The predicted molar refractivity (Wildman–Crippen MR) is 91.7 cm³/mol. The fourth-order valence-electron chi connectivity index (χ4n) is 3.54.